The van der Waals surface area contributed by atoms with Gasteiger partial charge < -0.3 is 14.6 Å². The Bertz CT molecular complexity index is 982. The number of amides is 1. The molecule has 1 aromatic heterocycles. The first-order valence-electron chi connectivity index (χ1n) is 8.50. The molecule has 2 aromatic carbocycles. The monoisotopic (exact) mass is 390 g/mol. The Hall–Kier alpha value is -3.29. The highest BCUT2D eigenvalue weighted by Crippen LogP contribution is 2.38. The number of anilines is 1. The molecule has 3 rings (SSSR count). The number of hydrogen-bond acceptors (Lipinski definition) is 4. The molecule has 28 heavy (non-hydrogen) atoms. The first-order valence-corrected chi connectivity index (χ1v) is 8.50. The van der Waals surface area contributed by atoms with E-state index in [2.05, 4.69) is 10.5 Å². The van der Waals surface area contributed by atoms with Gasteiger partial charge in [0.05, 0.1) is 16.9 Å². The van der Waals surface area contributed by atoms with Crippen molar-refractivity contribution in [1.29, 1.82) is 0 Å². The summed E-state index contributed by atoms with van der Waals surface area (Å²) in [4.78, 5) is 12.5. The fraction of sp³-hybridized carbons (Fsp3) is 0.200. The predicted octanol–water partition coefficient (Wildman–Crippen LogP) is 5.61. The fourth-order valence-electron chi connectivity index (χ4n) is 2.69. The van der Waals surface area contributed by atoms with Gasteiger partial charge in [0.15, 0.2) is 0 Å². The molecular weight excluding hydrogens is 373 g/mol. The van der Waals surface area contributed by atoms with Crippen LogP contribution in [0.15, 0.2) is 53.1 Å². The van der Waals surface area contributed by atoms with Gasteiger partial charge in [0.2, 0.25) is 0 Å². The number of ether oxygens (including phenoxy) is 1. The lowest BCUT2D eigenvalue weighted by Gasteiger charge is -2.16. The second-order valence-electron chi connectivity index (χ2n) is 5.99. The Kier molecular flexibility index (Phi) is 5.39. The van der Waals surface area contributed by atoms with Crippen LogP contribution in [0.5, 0.6) is 11.5 Å². The molecule has 0 spiro atoms. The molecule has 0 fully saturated rings. The van der Waals surface area contributed by atoms with Crippen molar-refractivity contribution in [1.82, 2.24) is 5.16 Å². The van der Waals surface area contributed by atoms with E-state index in [0.29, 0.717) is 17.9 Å². The number of halogens is 3. The van der Waals surface area contributed by atoms with Gasteiger partial charge in [0.1, 0.15) is 22.8 Å². The standard InChI is InChI=1S/C20H17F3N2O3/c1-3-16-18(12(2)28-25-16)19(26)24-17-10-9-14(11-15(17)20(21,22)23)27-13-7-5-4-6-8-13/h4-11H,3H2,1-2H3,(H,24,26). The number of nitrogens with one attached hydrogen (secondary N) is 1. The summed E-state index contributed by atoms with van der Waals surface area (Å²) in [5.74, 6) is -0.0585. The quantitative estimate of drug-likeness (QED) is 0.615. The number of hydrogen-bond donors (Lipinski definition) is 1. The summed E-state index contributed by atoms with van der Waals surface area (Å²) in [6, 6.07) is 11.8. The Labute approximate surface area is 159 Å². The summed E-state index contributed by atoms with van der Waals surface area (Å²) in [6.45, 7) is 3.30. The molecule has 0 saturated carbocycles. The molecule has 146 valence electrons. The minimum absolute atomic E-state index is 0.00642. The van der Waals surface area contributed by atoms with E-state index in [-0.39, 0.29) is 22.8 Å². The number of aryl methyl sites for hydroxylation is 2. The van der Waals surface area contributed by atoms with Gasteiger partial charge in [-0.1, -0.05) is 30.3 Å². The number of carbonyl (C=O) groups is 1. The Balaban J connectivity index is 1.92. The zero-order valence-corrected chi connectivity index (χ0v) is 15.1. The largest absolute Gasteiger partial charge is 0.457 e. The van der Waals surface area contributed by atoms with Crippen LogP contribution in [0.3, 0.4) is 0 Å². The van der Waals surface area contributed by atoms with E-state index in [1.165, 1.54) is 13.0 Å². The zero-order valence-electron chi connectivity index (χ0n) is 15.1. The number of aromatic nitrogens is 1. The van der Waals surface area contributed by atoms with Crippen molar-refractivity contribution >= 4 is 11.6 Å². The van der Waals surface area contributed by atoms with Crippen molar-refractivity contribution in [2.75, 3.05) is 5.32 Å². The molecule has 0 unspecified atom stereocenters. The van der Waals surface area contributed by atoms with E-state index >= 15 is 0 Å². The lowest BCUT2D eigenvalue weighted by Crippen LogP contribution is -2.18. The van der Waals surface area contributed by atoms with E-state index < -0.39 is 17.6 Å². The van der Waals surface area contributed by atoms with Gasteiger partial charge in [-0.15, -0.1) is 0 Å². The Morgan fingerprint density at radius 3 is 2.50 bits per heavy atom. The van der Waals surface area contributed by atoms with Crippen LogP contribution in [-0.4, -0.2) is 11.1 Å². The number of carbonyl (C=O) groups excluding carboxylic acids is 1. The average Bonchev–Trinajstić information content (AvgIpc) is 3.03. The van der Waals surface area contributed by atoms with Crippen LogP contribution in [0.2, 0.25) is 0 Å². The molecule has 0 bridgehead atoms. The number of para-hydroxylation sites is 1. The van der Waals surface area contributed by atoms with Gasteiger partial charge in [-0.25, -0.2) is 0 Å². The van der Waals surface area contributed by atoms with E-state index in [1.54, 1.807) is 37.3 Å². The molecule has 1 N–H and O–H groups in total. The topological polar surface area (TPSA) is 64.4 Å². The van der Waals surface area contributed by atoms with E-state index in [0.717, 1.165) is 12.1 Å². The highest BCUT2D eigenvalue weighted by Gasteiger charge is 2.35. The Morgan fingerprint density at radius 1 is 1.14 bits per heavy atom. The molecule has 3 aromatic rings. The molecule has 0 atom stereocenters. The Morgan fingerprint density at radius 2 is 1.86 bits per heavy atom. The average molecular weight is 390 g/mol. The SMILES string of the molecule is CCc1noc(C)c1C(=O)Nc1ccc(Oc2ccccc2)cc1C(F)(F)F. The number of alkyl halides is 3. The van der Waals surface area contributed by atoms with E-state index in [4.69, 9.17) is 9.26 Å². The molecule has 0 radical (unpaired) electrons. The van der Waals surface area contributed by atoms with Crippen molar-refractivity contribution in [3.63, 3.8) is 0 Å². The maximum Gasteiger partial charge on any atom is 0.418 e. The van der Waals surface area contributed by atoms with Crippen LogP contribution in [0.25, 0.3) is 0 Å². The predicted molar refractivity (Wildman–Crippen MR) is 96.5 cm³/mol. The normalized spacial score (nSPS) is 11.3. The second-order valence-corrected chi connectivity index (χ2v) is 5.99. The third-order valence-electron chi connectivity index (χ3n) is 4.02. The van der Waals surface area contributed by atoms with Gasteiger partial charge in [0.25, 0.3) is 5.91 Å². The summed E-state index contributed by atoms with van der Waals surface area (Å²) in [7, 11) is 0. The van der Waals surface area contributed by atoms with Crippen LogP contribution in [0.1, 0.15) is 34.3 Å². The molecule has 0 aliphatic carbocycles. The van der Waals surface area contributed by atoms with Crippen LogP contribution >= 0.6 is 0 Å². The minimum Gasteiger partial charge on any atom is -0.457 e. The van der Waals surface area contributed by atoms with Gasteiger partial charge in [-0.05, 0) is 43.7 Å². The fourth-order valence-corrected chi connectivity index (χ4v) is 2.69. The van der Waals surface area contributed by atoms with Crippen molar-refractivity contribution in [2.24, 2.45) is 0 Å². The third-order valence-corrected chi connectivity index (χ3v) is 4.02. The van der Waals surface area contributed by atoms with Crippen molar-refractivity contribution in [2.45, 2.75) is 26.4 Å². The summed E-state index contributed by atoms with van der Waals surface area (Å²) >= 11 is 0. The summed E-state index contributed by atoms with van der Waals surface area (Å²) in [5.41, 5.74) is -0.866. The van der Waals surface area contributed by atoms with E-state index in [1.807, 2.05) is 0 Å². The van der Waals surface area contributed by atoms with Crippen LogP contribution in [0, 0.1) is 6.92 Å². The summed E-state index contributed by atoms with van der Waals surface area (Å²) in [6.07, 6.45) is -4.27. The molecular formula is C20H17F3N2O3. The first kappa shape index (κ1) is 19.5. The molecule has 1 amide bonds. The lowest BCUT2D eigenvalue weighted by molar-refractivity contribution is -0.137. The third kappa shape index (κ3) is 4.16. The molecule has 0 aliphatic heterocycles. The highest BCUT2D eigenvalue weighted by atomic mass is 19.4. The highest BCUT2D eigenvalue weighted by molar-refractivity contribution is 6.06. The van der Waals surface area contributed by atoms with Crippen LogP contribution in [-0.2, 0) is 12.6 Å². The van der Waals surface area contributed by atoms with Crippen molar-refractivity contribution < 1.29 is 27.2 Å². The first-order chi connectivity index (χ1) is 13.3. The van der Waals surface area contributed by atoms with Gasteiger partial charge in [-0.3, -0.25) is 4.79 Å². The smallest absolute Gasteiger partial charge is 0.418 e. The number of nitrogens with zero attached hydrogens (tertiary/aromatic N) is 1. The summed E-state index contributed by atoms with van der Waals surface area (Å²) < 4.78 is 51.1. The minimum atomic E-state index is -4.68. The van der Waals surface area contributed by atoms with Crippen LogP contribution in [0.4, 0.5) is 18.9 Å². The lowest BCUT2D eigenvalue weighted by atomic mass is 10.1. The van der Waals surface area contributed by atoms with Crippen molar-refractivity contribution in [3.8, 4) is 11.5 Å². The molecule has 1 heterocycles. The van der Waals surface area contributed by atoms with Crippen molar-refractivity contribution in [3.05, 3.63) is 71.1 Å². The van der Waals surface area contributed by atoms with Crippen LogP contribution < -0.4 is 10.1 Å². The maximum absolute atomic E-state index is 13.5. The van der Waals surface area contributed by atoms with Gasteiger partial charge in [-0.2, -0.15) is 13.2 Å². The van der Waals surface area contributed by atoms with E-state index in [9.17, 15) is 18.0 Å². The van der Waals surface area contributed by atoms with Gasteiger partial charge in [0, 0.05) is 0 Å². The molecule has 0 aliphatic rings. The number of rotatable bonds is 5. The van der Waals surface area contributed by atoms with Gasteiger partial charge >= 0.3 is 6.18 Å². The number of benzene rings is 2. The maximum atomic E-state index is 13.5. The molecule has 8 heteroatoms. The second kappa shape index (κ2) is 7.75. The summed E-state index contributed by atoms with van der Waals surface area (Å²) in [5, 5.41) is 6.06. The zero-order chi connectivity index (χ0) is 20.3. The molecule has 5 nitrogen and oxygen atoms in total. The molecule has 0 saturated heterocycles.